The van der Waals surface area contributed by atoms with Crippen LogP contribution in [0.15, 0.2) is 0 Å². The molecule has 0 unspecified atom stereocenters. The zero-order valence-electron chi connectivity index (χ0n) is 8.86. The minimum atomic E-state index is -0.843. The van der Waals surface area contributed by atoms with E-state index in [-0.39, 0.29) is 18.1 Å². The lowest BCUT2D eigenvalue weighted by atomic mass is 9.64. The maximum Gasteiger partial charge on any atom is 0.316 e. The van der Waals surface area contributed by atoms with Gasteiger partial charge in [-0.15, -0.1) is 0 Å². The summed E-state index contributed by atoms with van der Waals surface area (Å²) in [4.78, 5) is 23.2. The van der Waals surface area contributed by atoms with Gasteiger partial charge in [-0.2, -0.15) is 0 Å². The largest absolute Gasteiger partial charge is 0.468 e. The predicted octanol–water partition coefficient (Wildman–Crippen LogP) is 0.670. The van der Waals surface area contributed by atoms with Crippen LogP contribution in [-0.2, 0) is 14.3 Å². The Balaban J connectivity index is 2.20. The monoisotopic (exact) mass is 212 g/mol. The zero-order valence-corrected chi connectivity index (χ0v) is 8.86. The Morgan fingerprint density at radius 3 is 3.00 bits per heavy atom. The highest BCUT2D eigenvalue weighted by Crippen LogP contribution is 2.44. The van der Waals surface area contributed by atoms with Crippen molar-refractivity contribution in [3.63, 3.8) is 0 Å². The van der Waals surface area contributed by atoms with E-state index in [0.717, 1.165) is 12.8 Å². The molecule has 4 heteroatoms. The van der Waals surface area contributed by atoms with Crippen molar-refractivity contribution in [3.05, 3.63) is 0 Å². The molecule has 0 radical (unpaired) electrons. The number of carbonyl (C=O) groups is 2. The molecule has 0 saturated heterocycles. The Labute approximate surface area is 88.6 Å². The van der Waals surface area contributed by atoms with E-state index < -0.39 is 17.5 Å². The van der Waals surface area contributed by atoms with Crippen LogP contribution in [0.5, 0.6) is 0 Å². The van der Waals surface area contributed by atoms with Crippen molar-refractivity contribution >= 4 is 11.8 Å². The number of ketones is 1. The first-order chi connectivity index (χ1) is 7.06. The van der Waals surface area contributed by atoms with Crippen LogP contribution in [0.25, 0.3) is 0 Å². The summed E-state index contributed by atoms with van der Waals surface area (Å²) in [6, 6.07) is 0. The SMILES string of the molecule is COC(=O)[C@H]1C(=O)C[C@]2(O)CCC[C@H]1C2. The van der Waals surface area contributed by atoms with E-state index in [1.165, 1.54) is 7.11 Å². The Kier molecular flexibility index (Phi) is 2.54. The smallest absolute Gasteiger partial charge is 0.316 e. The van der Waals surface area contributed by atoms with Gasteiger partial charge in [0.2, 0.25) is 0 Å². The van der Waals surface area contributed by atoms with Crippen LogP contribution >= 0.6 is 0 Å². The van der Waals surface area contributed by atoms with Gasteiger partial charge >= 0.3 is 5.97 Å². The lowest BCUT2D eigenvalue weighted by molar-refractivity contribution is -0.161. The van der Waals surface area contributed by atoms with E-state index in [0.29, 0.717) is 12.8 Å². The van der Waals surface area contributed by atoms with E-state index in [1.54, 1.807) is 0 Å². The fraction of sp³-hybridized carbons (Fsp3) is 0.818. The van der Waals surface area contributed by atoms with Crippen molar-refractivity contribution in [2.45, 2.75) is 37.7 Å². The summed E-state index contributed by atoms with van der Waals surface area (Å²) in [7, 11) is 1.30. The van der Waals surface area contributed by atoms with E-state index in [1.807, 2.05) is 0 Å². The second kappa shape index (κ2) is 3.59. The van der Waals surface area contributed by atoms with Crippen molar-refractivity contribution in [2.24, 2.45) is 11.8 Å². The first-order valence-corrected chi connectivity index (χ1v) is 5.39. The fourth-order valence-corrected chi connectivity index (χ4v) is 2.98. The van der Waals surface area contributed by atoms with Gasteiger partial charge in [0.15, 0.2) is 0 Å². The van der Waals surface area contributed by atoms with Gasteiger partial charge in [0.1, 0.15) is 11.7 Å². The maximum atomic E-state index is 11.8. The highest BCUT2D eigenvalue weighted by Gasteiger charge is 2.49. The van der Waals surface area contributed by atoms with Crippen LogP contribution in [0.3, 0.4) is 0 Å². The van der Waals surface area contributed by atoms with E-state index in [9.17, 15) is 14.7 Å². The zero-order chi connectivity index (χ0) is 11.1. The number of hydrogen-bond acceptors (Lipinski definition) is 4. The number of hydrogen-bond donors (Lipinski definition) is 1. The van der Waals surface area contributed by atoms with Gasteiger partial charge in [-0.25, -0.2) is 0 Å². The molecule has 2 saturated carbocycles. The third-order valence-electron chi connectivity index (χ3n) is 3.64. The van der Waals surface area contributed by atoms with Crippen LogP contribution in [0.1, 0.15) is 32.1 Å². The average molecular weight is 212 g/mol. The second-order valence-corrected chi connectivity index (χ2v) is 4.72. The molecule has 2 rings (SSSR count). The lowest BCUT2D eigenvalue weighted by Crippen LogP contribution is -2.50. The normalized spacial score (nSPS) is 40.0. The molecule has 0 aliphatic heterocycles. The van der Waals surface area contributed by atoms with E-state index in [2.05, 4.69) is 4.74 Å². The summed E-state index contributed by atoms with van der Waals surface area (Å²) in [5, 5.41) is 10.1. The highest BCUT2D eigenvalue weighted by atomic mass is 16.5. The Morgan fingerprint density at radius 2 is 2.33 bits per heavy atom. The number of aliphatic hydroxyl groups is 1. The van der Waals surface area contributed by atoms with E-state index >= 15 is 0 Å². The fourth-order valence-electron chi connectivity index (χ4n) is 2.98. The third-order valence-corrected chi connectivity index (χ3v) is 3.64. The minimum absolute atomic E-state index is 0.0163. The average Bonchev–Trinajstić information content (AvgIpc) is 2.15. The summed E-state index contributed by atoms with van der Waals surface area (Å²) in [6.07, 6.45) is 3.10. The molecule has 2 fully saturated rings. The molecule has 2 aliphatic rings. The van der Waals surface area contributed by atoms with Gasteiger partial charge in [0, 0.05) is 6.42 Å². The molecule has 0 aromatic carbocycles. The topological polar surface area (TPSA) is 63.6 Å². The van der Waals surface area contributed by atoms with Crippen LogP contribution in [0, 0.1) is 11.8 Å². The first kappa shape index (κ1) is 10.6. The van der Waals surface area contributed by atoms with Crippen molar-refractivity contribution in [2.75, 3.05) is 7.11 Å². The Morgan fingerprint density at radius 1 is 1.60 bits per heavy atom. The van der Waals surface area contributed by atoms with Crippen molar-refractivity contribution in [1.82, 2.24) is 0 Å². The molecule has 2 aliphatic carbocycles. The second-order valence-electron chi connectivity index (χ2n) is 4.72. The Bertz CT molecular complexity index is 299. The molecule has 0 heterocycles. The quantitative estimate of drug-likeness (QED) is 0.512. The number of fused-ring (bicyclic) bond motifs is 2. The molecule has 2 bridgehead atoms. The molecule has 1 N–H and O–H groups in total. The number of ether oxygens (including phenoxy) is 1. The third kappa shape index (κ3) is 1.78. The number of methoxy groups -OCH3 is 1. The molecule has 0 aromatic rings. The van der Waals surface area contributed by atoms with Crippen LogP contribution in [0.4, 0.5) is 0 Å². The van der Waals surface area contributed by atoms with Gasteiger partial charge in [-0.1, -0.05) is 6.42 Å². The standard InChI is InChI=1S/C11H16O4/c1-15-10(13)9-7-3-2-4-11(14,5-7)6-8(9)12/h7,9,14H,2-6H2,1H3/t7-,9+,11-/m0/s1. The minimum Gasteiger partial charge on any atom is -0.468 e. The summed E-state index contributed by atoms with van der Waals surface area (Å²) in [5.41, 5.74) is -0.843. The molecule has 15 heavy (non-hydrogen) atoms. The van der Waals surface area contributed by atoms with Gasteiger partial charge in [0.25, 0.3) is 0 Å². The highest BCUT2D eigenvalue weighted by molar-refractivity contribution is 6.00. The van der Waals surface area contributed by atoms with Gasteiger partial charge in [0.05, 0.1) is 12.7 Å². The van der Waals surface area contributed by atoms with Crippen molar-refractivity contribution < 1.29 is 19.4 Å². The van der Waals surface area contributed by atoms with Gasteiger partial charge in [-0.05, 0) is 25.2 Å². The first-order valence-electron chi connectivity index (χ1n) is 5.39. The van der Waals surface area contributed by atoms with Gasteiger partial charge < -0.3 is 9.84 Å². The Hall–Kier alpha value is -0.900. The summed E-state index contributed by atoms with van der Waals surface area (Å²) >= 11 is 0. The lowest BCUT2D eigenvalue weighted by Gasteiger charge is -2.43. The predicted molar refractivity (Wildman–Crippen MR) is 52.0 cm³/mol. The maximum absolute atomic E-state index is 11.8. The summed E-state index contributed by atoms with van der Waals surface area (Å²) in [6.45, 7) is 0. The molecule has 0 aromatic heterocycles. The van der Waals surface area contributed by atoms with Crippen LogP contribution in [0.2, 0.25) is 0 Å². The van der Waals surface area contributed by atoms with Crippen molar-refractivity contribution in [1.29, 1.82) is 0 Å². The molecule has 0 amide bonds. The molecular formula is C11H16O4. The molecule has 3 atom stereocenters. The number of rotatable bonds is 1. The van der Waals surface area contributed by atoms with Crippen LogP contribution in [-0.4, -0.2) is 29.6 Å². The summed E-state index contributed by atoms with van der Waals surface area (Å²) in [5.74, 6) is -1.23. The summed E-state index contributed by atoms with van der Waals surface area (Å²) < 4.78 is 4.64. The molecule has 84 valence electrons. The van der Waals surface area contributed by atoms with Gasteiger partial charge in [-0.3, -0.25) is 9.59 Å². The molecule has 0 spiro atoms. The number of carbonyl (C=O) groups excluding carboxylic acids is 2. The number of Topliss-reactive ketones (excluding diaryl/α,β-unsaturated/α-hetero) is 1. The molecular weight excluding hydrogens is 196 g/mol. The van der Waals surface area contributed by atoms with E-state index in [4.69, 9.17) is 0 Å². The van der Waals surface area contributed by atoms with Crippen LogP contribution < -0.4 is 0 Å². The number of esters is 1. The van der Waals surface area contributed by atoms with Crippen molar-refractivity contribution in [3.8, 4) is 0 Å². The molecule has 4 nitrogen and oxygen atoms in total.